The number of aryl methyl sites for hydroxylation is 2. The Morgan fingerprint density at radius 2 is 2.05 bits per heavy atom. The Morgan fingerprint density at radius 3 is 2.59 bits per heavy atom. The van der Waals surface area contributed by atoms with Crippen LogP contribution in [0.4, 0.5) is 0 Å². The summed E-state index contributed by atoms with van der Waals surface area (Å²) in [5.41, 5.74) is 8.20. The number of hydrogen-bond donors (Lipinski definition) is 1. The van der Waals surface area contributed by atoms with E-state index in [0.717, 1.165) is 42.6 Å². The summed E-state index contributed by atoms with van der Waals surface area (Å²) < 4.78 is 7.19. The average Bonchev–Trinajstić information content (AvgIpc) is 2.80. The summed E-state index contributed by atoms with van der Waals surface area (Å²) in [6, 6.07) is 0. The van der Waals surface area contributed by atoms with E-state index < -0.39 is 0 Å². The summed E-state index contributed by atoms with van der Waals surface area (Å²) >= 11 is 0. The summed E-state index contributed by atoms with van der Waals surface area (Å²) in [5, 5.41) is 4.47. The van der Waals surface area contributed by atoms with E-state index in [0.29, 0.717) is 12.5 Å². The minimum absolute atomic E-state index is 0. The smallest absolute Gasteiger partial charge is 0.216 e. The molecule has 0 spiro atoms. The number of nitrogens with two attached hydrogens (primary N) is 1. The molecule has 0 unspecified atom stereocenters. The van der Waals surface area contributed by atoms with E-state index in [1.165, 1.54) is 12.8 Å². The molecule has 0 atom stereocenters. The van der Waals surface area contributed by atoms with Crippen LogP contribution in [0, 0.1) is 5.92 Å². The fraction of sp³-hybridized carbons (Fsp3) is 0.733. The lowest BCUT2D eigenvalue weighted by Crippen LogP contribution is -2.42. The van der Waals surface area contributed by atoms with Crippen LogP contribution in [-0.4, -0.2) is 40.8 Å². The number of likely N-dealkylation sites (tertiary alicyclic amines) is 1. The summed E-state index contributed by atoms with van der Waals surface area (Å²) in [7, 11) is 3.56. The molecule has 1 aliphatic rings. The molecule has 1 aromatic rings. The van der Waals surface area contributed by atoms with Crippen LogP contribution in [0.3, 0.4) is 0 Å². The topological polar surface area (TPSA) is 68.7 Å². The molecule has 6 nitrogen and oxygen atoms in total. The van der Waals surface area contributed by atoms with Gasteiger partial charge in [-0.1, -0.05) is 13.8 Å². The van der Waals surface area contributed by atoms with Crippen LogP contribution in [-0.2, 0) is 20.0 Å². The quantitative estimate of drug-likeness (QED) is 0.460. The minimum Gasteiger partial charge on any atom is -0.481 e. The average molecular weight is 421 g/mol. The first-order valence-electron chi connectivity index (χ1n) is 7.70. The number of nitrogens with zero attached hydrogens (tertiary/aromatic N) is 4. The zero-order chi connectivity index (χ0) is 15.4. The van der Waals surface area contributed by atoms with Gasteiger partial charge in [-0.25, -0.2) is 9.67 Å². The van der Waals surface area contributed by atoms with Crippen LogP contribution in [0.25, 0.3) is 0 Å². The van der Waals surface area contributed by atoms with Gasteiger partial charge in [0.25, 0.3) is 0 Å². The second kappa shape index (κ2) is 8.59. The van der Waals surface area contributed by atoms with Crippen LogP contribution >= 0.6 is 24.0 Å². The Bertz CT molecular complexity index is 506. The fourth-order valence-corrected chi connectivity index (χ4v) is 2.80. The number of ether oxygens (including phenoxy) is 1. The highest BCUT2D eigenvalue weighted by atomic mass is 127. The molecule has 1 aliphatic heterocycles. The van der Waals surface area contributed by atoms with Gasteiger partial charge in [-0.2, -0.15) is 5.10 Å². The molecular weight excluding hydrogens is 393 g/mol. The van der Waals surface area contributed by atoms with E-state index in [2.05, 4.69) is 28.8 Å². The van der Waals surface area contributed by atoms with E-state index in [4.69, 9.17) is 10.5 Å². The van der Waals surface area contributed by atoms with Crippen molar-refractivity contribution in [3.05, 3.63) is 11.3 Å². The Balaban J connectivity index is 0.00000242. The molecular formula is C15H28IN5O. The maximum atomic E-state index is 6.14. The van der Waals surface area contributed by atoms with Gasteiger partial charge in [0.1, 0.15) is 0 Å². The van der Waals surface area contributed by atoms with Crippen molar-refractivity contribution in [2.24, 2.45) is 23.7 Å². The Morgan fingerprint density at radius 1 is 1.41 bits per heavy atom. The third kappa shape index (κ3) is 4.27. The van der Waals surface area contributed by atoms with E-state index in [9.17, 15) is 0 Å². The Kier molecular flexibility index (Phi) is 7.44. The SMILES string of the molecule is CCc1nn(C)c(OC)c1CN=C(N)N1CCC(C)CC1.I. The molecule has 0 radical (unpaired) electrons. The standard InChI is InChI=1S/C15H27N5O.HI/c1-5-13-12(14(21-4)19(3)18-13)10-17-15(16)20-8-6-11(2)7-9-20;/h11H,5-10H2,1-4H3,(H2,16,17);1H. The zero-order valence-corrected chi connectivity index (χ0v) is 16.3. The highest BCUT2D eigenvalue weighted by Gasteiger charge is 2.18. The molecule has 126 valence electrons. The molecule has 1 aromatic heterocycles. The van der Waals surface area contributed by atoms with Crippen LogP contribution in [0.1, 0.15) is 37.9 Å². The number of aromatic nitrogens is 2. The maximum absolute atomic E-state index is 6.14. The second-order valence-electron chi connectivity index (χ2n) is 5.76. The van der Waals surface area contributed by atoms with Gasteiger partial charge in [-0.3, -0.25) is 0 Å². The molecule has 22 heavy (non-hydrogen) atoms. The fourth-order valence-electron chi connectivity index (χ4n) is 2.80. The van der Waals surface area contributed by atoms with Crippen LogP contribution in [0.5, 0.6) is 5.88 Å². The van der Waals surface area contributed by atoms with Crippen molar-refractivity contribution >= 4 is 29.9 Å². The molecule has 1 fully saturated rings. The van der Waals surface area contributed by atoms with E-state index in [1.807, 2.05) is 7.05 Å². The van der Waals surface area contributed by atoms with Crippen molar-refractivity contribution in [1.29, 1.82) is 0 Å². The van der Waals surface area contributed by atoms with Crippen molar-refractivity contribution in [3.63, 3.8) is 0 Å². The van der Waals surface area contributed by atoms with Gasteiger partial charge in [0.2, 0.25) is 5.88 Å². The Labute approximate surface area is 150 Å². The lowest BCUT2D eigenvalue weighted by Gasteiger charge is -2.31. The number of hydrogen-bond acceptors (Lipinski definition) is 3. The van der Waals surface area contributed by atoms with Crippen molar-refractivity contribution in [2.45, 2.75) is 39.7 Å². The summed E-state index contributed by atoms with van der Waals surface area (Å²) in [5.74, 6) is 2.20. The lowest BCUT2D eigenvalue weighted by atomic mass is 10.00. The second-order valence-corrected chi connectivity index (χ2v) is 5.76. The van der Waals surface area contributed by atoms with Gasteiger partial charge in [0, 0.05) is 20.1 Å². The highest BCUT2D eigenvalue weighted by Crippen LogP contribution is 2.23. The predicted molar refractivity (Wildman–Crippen MR) is 99.9 cm³/mol. The molecule has 2 heterocycles. The molecule has 0 aliphatic carbocycles. The van der Waals surface area contributed by atoms with E-state index in [-0.39, 0.29) is 24.0 Å². The first kappa shape index (κ1) is 19.1. The van der Waals surface area contributed by atoms with Crippen molar-refractivity contribution < 1.29 is 4.74 Å². The van der Waals surface area contributed by atoms with Gasteiger partial charge in [0.05, 0.1) is 24.9 Å². The van der Waals surface area contributed by atoms with Gasteiger partial charge in [0.15, 0.2) is 5.96 Å². The molecule has 0 aromatic carbocycles. The first-order valence-corrected chi connectivity index (χ1v) is 7.70. The highest BCUT2D eigenvalue weighted by molar-refractivity contribution is 14.0. The zero-order valence-electron chi connectivity index (χ0n) is 14.0. The molecule has 7 heteroatoms. The summed E-state index contributed by atoms with van der Waals surface area (Å²) in [6.45, 7) is 6.91. The maximum Gasteiger partial charge on any atom is 0.216 e. The van der Waals surface area contributed by atoms with Crippen LogP contribution < -0.4 is 10.5 Å². The Hall–Kier alpha value is -0.990. The molecule has 0 amide bonds. The van der Waals surface area contributed by atoms with Gasteiger partial charge < -0.3 is 15.4 Å². The number of halogens is 1. The number of piperidine rings is 1. The summed E-state index contributed by atoms with van der Waals surface area (Å²) in [4.78, 5) is 6.74. The summed E-state index contributed by atoms with van der Waals surface area (Å²) in [6.07, 6.45) is 3.24. The number of methoxy groups -OCH3 is 1. The lowest BCUT2D eigenvalue weighted by molar-refractivity contribution is 0.277. The van der Waals surface area contributed by atoms with Crippen molar-refractivity contribution in [1.82, 2.24) is 14.7 Å². The monoisotopic (exact) mass is 421 g/mol. The van der Waals surface area contributed by atoms with Crippen molar-refractivity contribution in [2.75, 3.05) is 20.2 Å². The third-order valence-electron chi connectivity index (χ3n) is 4.21. The normalized spacial score (nSPS) is 16.5. The molecule has 2 N–H and O–H groups in total. The van der Waals surface area contributed by atoms with Gasteiger partial charge >= 0.3 is 0 Å². The number of aliphatic imine (C=N–C) groups is 1. The predicted octanol–water partition coefficient (Wildman–Crippen LogP) is 2.16. The third-order valence-corrected chi connectivity index (χ3v) is 4.21. The largest absolute Gasteiger partial charge is 0.481 e. The molecule has 0 bridgehead atoms. The number of rotatable bonds is 4. The van der Waals surface area contributed by atoms with E-state index in [1.54, 1.807) is 11.8 Å². The number of guanidine groups is 1. The van der Waals surface area contributed by atoms with Crippen LogP contribution in [0.15, 0.2) is 4.99 Å². The molecule has 2 rings (SSSR count). The van der Waals surface area contributed by atoms with Gasteiger partial charge in [-0.05, 0) is 25.2 Å². The van der Waals surface area contributed by atoms with Gasteiger partial charge in [-0.15, -0.1) is 24.0 Å². The molecule has 1 saturated heterocycles. The van der Waals surface area contributed by atoms with Crippen molar-refractivity contribution in [3.8, 4) is 5.88 Å². The van der Waals surface area contributed by atoms with Crippen LogP contribution in [0.2, 0.25) is 0 Å². The molecule has 0 saturated carbocycles. The van der Waals surface area contributed by atoms with E-state index >= 15 is 0 Å². The first-order chi connectivity index (χ1) is 10.1. The minimum atomic E-state index is 0.